The zero-order valence-corrected chi connectivity index (χ0v) is 9.23. The van der Waals surface area contributed by atoms with Gasteiger partial charge in [0, 0.05) is 0 Å². The van der Waals surface area contributed by atoms with Crippen molar-refractivity contribution in [1.29, 1.82) is 0 Å². The summed E-state index contributed by atoms with van der Waals surface area (Å²) in [5.74, 6) is 0.589. The second-order valence-electron chi connectivity index (χ2n) is 3.24. The van der Waals surface area contributed by atoms with E-state index in [0.717, 1.165) is 5.56 Å². The molecule has 5 nitrogen and oxygen atoms in total. The Bertz CT molecular complexity index is 366. The van der Waals surface area contributed by atoms with Crippen LogP contribution < -0.4 is 20.9 Å². The van der Waals surface area contributed by atoms with E-state index in [1.807, 2.05) is 12.1 Å². The summed E-state index contributed by atoms with van der Waals surface area (Å²) in [5.41, 5.74) is 11.4. The molecule has 0 aliphatic carbocycles. The fourth-order valence-electron chi connectivity index (χ4n) is 1.38. The van der Waals surface area contributed by atoms with Crippen molar-refractivity contribution in [2.45, 2.75) is 6.42 Å². The number of nitrogens with two attached hydrogens (primary N) is 2. The van der Waals surface area contributed by atoms with Gasteiger partial charge in [0.1, 0.15) is 0 Å². The van der Waals surface area contributed by atoms with Gasteiger partial charge >= 0.3 is 0 Å². The third-order valence-electron chi connectivity index (χ3n) is 2.05. The summed E-state index contributed by atoms with van der Waals surface area (Å²) >= 11 is 0. The van der Waals surface area contributed by atoms with Crippen LogP contribution in [0.1, 0.15) is 5.56 Å². The smallest absolute Gasteiger partial charge is 0.255 e. The van der Waals surface area contributed by atoms with Gasteiger partial charge in [-0.1, -0.05) is 12.1 Å². The lowest BCUT2D eigenvalue weighted by molar-refractivity contribution is -0.119. The van der Waals surface area contributed by atoms with Crippen molar-refractivity contribution in [3.63, 3.8) is 0 Å². The molecule has 0 spiro atoms. The molecule has 0 fully saturated rings. The number of amides is 1. The summed E-state index contributed by atoms with van der Waals surface area (Å²) in [6.07, 6.45) is 0.658. The molecule has 88 valence electrons. The Labute approximate surface area is 94.3 Å². The average molecular weight is 224 g/mol. The number of hydrogen-bond donors (Lipinski definition) is 2. The molecule has 16 heavy (non-hydrogen) atoms. The van der Waals surface area contributed by atoms with E-state index in [0.29, 0.717) is 24.5 Å². The molecule has 0 bridgehead atoms. The highest BCUT2D eigenvalue weighted by molar-refractivity contribution is 5.75. The third-order valence-corrected chi connectivity index (χ3v) is 2.05. The van der Waals surface area contributed by atoms with Gasteiger partial charge in [-0.25, -0.2) is 0 Å². The first kappa shape index (κ1) is 12.3. The number of carbonyl (C=O) groups is 1. The second-order valence-corrected chi connectivity index (χ2v) is 3.24. The van der Waals surface area contributed by atoms with Crippen molar-refractivity contribution in [2.24, 2.45) is 11.5 Å². The predicted octanol–water partition coefficient (Wildman–Crippen LogP) is 0.0605. The summed E-state index contributed by atoms with van der Waals surface area (Å²) in [6.45, 7) is 0.331. The van der Waals surface area contributed by atoms with Gasteiger partial charge in [0.2, 0.25) is 0 Å². The summed E-state index contributed by atoms with van der Waals surface area (Å²) < 4.78 is 10.5. The van der Waals surface area contributed by atoms with Gasteiger partial charge in [-0.2, -0.15) is 0 Å². The first-order valence-electron chi connectivity index (χ1n) is 4.96. The van der Waals surface area contributed by atoms with E-state index in [9.17, 15) is 4.79 Å². The van der Waals surface area contributed by atoms with Crippen LogP contribution in [0.25, 0.3) is 0 Å². The largest absolute Gasteiger partial charge is 0.493 e. The average Bonchev–Trinajstić information content (AvgIpc) is 2.27. The second kappa shape index (κ2) is 5.97. The molecule has 0 saturated carbocycles. The highest BCUT2D eigenvalue weighted by atomic mass is 16.5. The molecule has 0 aliphatic rings. The van der Waals surface area contributed by atoms with Gasteiger partial charge in [-0.15, -0.1) is 0 Å². The number of methoxy groups -OCH3 is 1. The molecule has 0 saturated heterocycles. The van der Waals surface area contributed by atoms with Crippen LogP contribution >= 0.6 is 0 Å². The van der Waals surface area contributed by atoms with Crippen LogP contribution in [-0.2, 0) is 11.2 Å². The fraction of sp³-hybridized carbons (Fsp3) is 0.364. The Morgan fingerprint density at radius 3 is 2.75 bits per heavy atom. The van der Waals surface area contributed by atoms with Crippen molar-refractivity contribution in [2.75, 3.05) is 20.3 Å². The molecule has 1 rings (SSSR count). The molecule has 1 aromatic carbocycles. The van der Waals surface area contributed by atoms with Gasteiger partial charge in [0.25, 0.3) is 5.91 Å². The number of para-hydroxylation sites is 1. The van der Waals surface area contributed by atoms with Gasteiger partial charge in [-0.3, -0.25) is 4.79 Å². The monoisotopic (exact) mass is 224 g/mol. The van der Waals surface area contributed by atoms with Crippen molar-refractivity contribution in [3.05, 3.63) is 23.8 Å². The zero-order valence-electron chi connectivity index (χ0n) is 9.23. The van der Waals surface area contributed by atoms with Crippen LogP contribution in [0.4, 0.5) is 0 Å². The minimum absolute atomic E-state index is 0.169. The highest BCUT2D eigenvalue weighted by Gasteiger charge is 2.10. The van der Waals surface area contributed by atoms with Gasteiger partial charge in [0.05, 0.1) is 7.11 Å². The van der Waals surface area contributed by atoms with E-state index in [-0.39, 0.29) is 6.61 Å². The number of primary amides is 1. The van der Waals surface area contributed by atoms with Crippen molar-refractivity contribution in [1.82, 2.24) is 0 Å². The zero-order chi connectivity index (χ0) is 12.0. The Hall–Kier alpha value is -1.75. The van der Waals surface area contributed by atoms with Crippen LogP contribution in [0.2, 0.25) is 0 Å². The normalized spacial score (nSPS) is 9.88. The number of rotatable bonds is 6. The molecule has 4 N–H and O–H groups in total. The lowest BCUT2D eigenvalue weighted by Crippen LogP contribution is -2.21. The van der Waals surface area contributed by atoms with E-state index in [1.54, 1.807) is 13.2 Å². The summed E-state index contributed by atoms with van der Waals surface area (Å²) in [6, 6.07) is 5.49. The third kappa shape index (κ3) is 3.13. The van der Waals surface area contributed by atoms with Crippen LogP contribution in [-0.4, -0.2) is 26.2 Å². The molecular weight excluding hydrogens is 208 g/mol. The predicted molar refractivity (Wildman–Crippen MR) is 60.4 cm³/mol. The molecule has 0 aliphatic heterocycles. The van der Waals surface area contributed by atoms with Crippen molar-refractivity contribution < 1.29 is 14.3 Å². The summed E-state index contributed by atoms with van der Waals surface area (Å²) in [7, 11) is 1.54. The first-order valence-corrected chi connectivity index (χ1v) is 4.96. The summed E-state index contributed by atoms with van der Waals surface area (Å²) in [4.78, 5) is 10.7. The minimum atomic E-state index is -0.524. The number of hydrogen-bond acceptors (Lipinski definition) is 4. The van der Waals surface area contributed by atoms with Crippen molar-refractivity contribution in [3.8, 4) is 11.5 Å². The number of benzene rings is 1. The Balaban J connectivity index is 2.94. The Kier molecular flexibility index (Phi) is 4.60. The van der Waals surface area contributed by atoms with Gasteiger partial charge in [0.15, 0.2) is 18.1 Å². The van der Waals surface area contributed by atoms with E-state index < -0.39 is 5.91 Å². The van der Waals surface area contributed by atoms with Gasteiger partial charge < -0.3 is 20.9 Å². The maximum absolute atomic E-state index is 10.7. The Morgan fingerprint density at radius 2 is 2.19 bits per heavy atom. The number of carbonyl (C=O) groups excluding carboxylic acids is 1. The van der Waals surface area contributed by atoms with E-state index in [2.05, 4.69) is 0 Å². The summed E-state index contributed by atoms with van der Waals surface area (Å²) in [5, 5.41) is 0. The lowest BCUT2D eigenvalue weighted by atomic mass is 10.1. The quantitative estimate of drug-likeness (QED) is 0.715. The molecule has 0 unspecified atom stereocenters. The van der Waals surface area contributed by atoms with Crippen LogP contribution in [0.15, 0.2) is 18.2 Å². The lowest BCUT2D eigenvalue weighted by Gasteiger charge is -2.13. The Morgan fingerprint density at radius 1 is 1.44 bits per heavy atom. The van der Waals surface area contributed by atoms with Gasteiger partial charge in [-0.05, 0) is 24.6 Å². The molecule has 5 heteroatoms. The van der Waals surface area contributed by atoms with Crippen molar-refractivity contribution >= 4 is 5.91 Å². The maximum atomic E-state index is 10.7. The molecule has 0 aromatic heterocycles. The highest BCUT2D eigenvalue weighted by Crippen LogP contribution is 2.31. The van der Waals surface area contributed by atoms with E-state index in [1.165, 1.54) is 0 Å². The topological polar surface area (TPSA) is 87.6 Å². The van der Waals surface area contributed by atoms with E-state index in [4.69, 9.17) is 20.9 Å². The molecule has 0 heterocycles. The molecule has 1 amide bonds. The fourth-order valence-corrected chi connectivity index (χ4v) is 1.38. The number of ether oxygens (including phenoxy) is 2. The first-order chi connectivity index (χ1) is 7.69. The SMILES string of the molecule is COc1cccc(CCN)c1OCC(N)=O. The van der Waals surface area contributed by atoms with Crippen LogP contribution in [0.5, 0.6) is 11.5 Å². The van der Waals surface area contributed by atoms with Crippen LogP contribution in [0, 0.1) is 0 Å². The maximum Gasteiger partial charge on any atom is 0.255 e. The standard InChI is InChI=1S/C11H16N2O3/c1-15-9-4-2-3-8(5-6-12)11(9)16-7-10(13)14/h2-4H,5-7,12H2,1H3,(H2,13,14). The molecular formula is C11H16N2O3. The van der Waals surface area contributed by atoms with Crippen LogP contribution in [0.3, 0.4) is 0 Å². The van der Waals surface area contributed by atoms with E-state index >= 15 is 0 Å². The molecule has 1 aromatic rings. The molecule has 0 radical (unpaired) electrons. The minimum Gasteiger partial charge on any atom is -0.493 e. The molecule has 0 atom stereocenters.